The van der Waals surface area contributed by atoms with Crippen molar-refractivity contribution in [3.63, 3.8) is 0 Å². The van der Waals surface area contributed by atoms with Crippen LogP contribution in [0.4, 0.5) is 5.69 Å². The van der Waals surface area contributed by atoms with Crippen LogP contribution in [0.1, 0.15) is 0 Å². The number of hydrogen-bond acceptors (Lipinski definition) is 2. The predicted octanol–water partition coefficient (Wildman–Crippen LogP) is 3.02. The van der Waals surface area contributed by atoms with Crippen LogP contribution in [0.3, 0.4) is 0 Å². The van der Waals surface area contributed by atoms with Crippen LogP contribution in [0.5, 0.6) is 0 Å². The Hall–Kier alpha value is -2.26. The van der Waals surface area contributed by atoms with Crippen LogP contribution in [0.2, 0.25) is 0 Å². The Kier molecular flexibility index (Phi) is 2.17. The standard InChI is InChI=1S/C9H7N5/c10-14-12-8-3-1-2-7(6-8)9-4-5-11-13-9/h1-6H,(H,11,13). The van der Waals surface area contributed by atoms with Gasteiger partial charge in [0.15, 0.2) is 0 Å². The lowest BCUT2D eigenvalue weighted by Gasteiger charge is -1.97. The molecule has 0 unspecified atom stereocenters. The van der Waals surface area contributed by atoms with E-state index < -0.39 is 0 Å². The monoisotopic (exact) mass is 185 g/mol. The molecule has 2 rings (SSSR count). The van der Waals surface area contributed by atoms with Crippen LogP contribution in [-0.2, 0) is 0 Å². The van der Waals surface area contributed by atoms with E-state index in [0.29, 0.717) is 5.69 Å². The maximum Gasteiger partial charge on any atom is 0.0650 e. The van der Waals surface area contributed by atoms with Crippen LogP contribution >= 0.6 is 0 Å². The molecule has 0 aliphatic carbocycles. The first-order valence-electron chi connectivity index (χ1n) is 4.05. The number of nitrogens with zero attached hydrogens (tertiary/aromatic N) is 4. The minimum absolute atomic E-state index is 0.597. The molecule has 0 radical (unpaired) electrons. The second-order valence-electron chi connectivity index (χ2n) is 2.71. The average Bonchev–Trinajstić information content (AvgIpc) is 2.71. The zero-order valence-electron chi connectivity index (χ0n) is 7.25. The number of azide groups is 1. The van der Waals surface area contributed by atoms with Gasteiger partial charge in [-0.3, -0.25) is 5.10 Å². The summed E-state index contributed by atoms with van der Waals surface area (Å²) in [6.07, 6.45) is 1.68. The molecule has 0 amide bonds. The van der Waals surface area contributed by atoms with E-state index in [2.05, 4.69) is 20.2 Å². The molecule has 14 heavy (non-hydrogen) atoms. The first kappa shape index (κ1) is 8.34. The number of aromatic amines is 1. The summed E-state index contributed by atoms with van der Waals surface area (Å²) in [5.41, 5.74) is 10.7. The highest BCUT2D eigenvalue weighted by Crippen LogP contribution is 2.21. The third kappa shape index (κ3) is 1.57. The molecule has 2 aromatic rings. The Bertz CT molecular complexity index is 468. The summed E-state index contributed by atoms with van der Waals surface area (Å²) in [7, 11) is 0. The molecule has 5 heteroatoms. The van der Waals surface area contributed by atoms with E-state index in [4.69, 9.17) is 5.53 Å². The fourth-order valence-electron chi connectivity index (χ4n) is 1.20. The highest BCUT2D eigenvalue weighted by molar-refractivity contribution is 5.63. The normalized spacial score (nSPS) is 9.43. The highest BCUT2D eigenvalue weighted by atomic mass is 15.1. The van der Waals surface area contributed by atoms with Gasteiger partial charge in [0.1, 0.15) is 0 Å². The molecule has 1 aromatic carbocycles. The van der Waals surface area contributed by atoms with Crippen LogP contribution < -0.4 is 0 Å². The average molecular weight is 185 g/mol. The summed E-state index contributed by atoms with van der Waals surface area (Å²) in [6, 6.07) is 9.16. The fourth-order valence-corrected chi connectivity index (χ4v) is 1.20. The highest BCUT2D eigenvalue weighted by Gasteiger charge is 1.98. The zero-order chi connectivity index (χ0) is 9.80. The third-order valence-electron chi connectivity index (χ3n) is 1.82. The van der Waals surface area contributed by atoms with E-state index in [1.807, 2.05) is 18.2 Å². The number of nitrogens with one attached hydrogen (secondary N) is 1. The molecule has 0 aliphatic rings. The molecular formula is C9H7N5. The SMILES string of the molecule is [N-]=[N+]=Nc1cccc(-c2ccn[nH]2)c1. The molecule has 0 saturated heterocycles. The molecule has 0 spiro atoms. The van der Waals surface area contributed by atoms with E-state index in [1.54, 1.807) is 18.3 Å². The number of aromatic nitrogens is 2. The summed E-state index contributed by atoms with van der Waals surface area (Å²) in [4.78, 5) is 2.73. The van der Waals surface area contributed by atoms with E-state index in [-0.39, 0.29) is 0 Å². The van der Waals surface area contributed by atoms with Crippen LogP contribution in [0, 0.1) is 0 Å². The Morgan fingerprint density at radius 2 is 2.29 bits per heavy atom. The molecule has 0 saturated carbocycles. The maximum absolute atomic E-state index is 8.28. The second-order valence-corrected chi connectivity index (χ2v) is 2.71. The molecule has 0 fully saturated rings. The van der Waals surface area contributed by atoms with Gasteiger partial charge < -0.3 is 0 Å². The van der Waals surface area contributed by atoms with Gasteiger partial charge in [0, 0.05) is 16.8 Å². The fraction of sp³-hybridized carbons (Fsp3) is 0. The van der Waals surface area contributed by atoms with Crippen LogP contribution in [0.15, 0.2) is 41.6 Å². The van der Waals surface area contributed by atoms with Gasteiger partial charge >= 0.3 is 0 Å². The molecule has 1 aromatic heterocycles. The largest absolute Gasteiger partial charge is 0.278 e. The van der Waals surface area contributed by atoms with Crippen LogP contribution in [0.25, 0.3) is 21.7 Å². The summed E-state index contributed by atoms with van der Waals surface area (Å²) in [6.45, 7) is 0. The summed E-state index contributed by atoms with van der Waals surface area (Å²) < 4.78 is 0. The lowest BCUT2D eigenvalue weighted by Crippen LogP contribution is -1.76. The Morgan fingerprint density at radius 3 is 3.00 bits per heavy atom. The predicted molar refractivity (Wildman–Crippen MR) is 52.8 cm³/mol. The van der Waals surface area contributed by atoms with Crippen molar-refractivity contribution in [1.82, 2.24) is 10.2 Å². The van der Waals surface area contributed by atoms with Crippen molar-refractivity contribution in [3.05, 3.63) is 47.0 Å². The maximum atomic E-state index is 8.28. The van der Waals surface area contributed by atoms with E-state index in [0.717, 1.165) is 11.3 Å². The number of H-pyrrole nitrogens is 1. The molecule has 68 valence electrons. The molecule has 1 N–H and O–H groups in total. The quantitative estimate of drug-likeness (QED) is 0.435. The summed E-state index contributed by atoms with van der Waals surface area (Å²) >= 11 is 0. The third-order valence-corrected chi connectivity index (χ3v) is 1.82. The van der Waals surface area contributed by atoms with Gasteiger partial charge in [0.2, 0.25) is 0 Å². The Balaban J connectivity index is 2.45. The molecule has 0 bridgehead atoms. The van der Waals surface area contributed by atoms with Gasteiger partial charge in [0.25, 0.3) is 0 Å². The first-order valence-corrected chi connectivity index (χ1v) is 4.05. The van der Waals surface area contributed by atoms with Gasteiger partial charge in [-0.05, 0) is 23.2 Å². The van der Waals surface area contributed by atoms with Crippen molar-refractivity contribution in [2.24, 2.45) is 5.11 Å². The van der Waals surface area contributed by atoms with Crippen molar-refractivity contribution in [3.8, 4) is 11.3 Å². The van der Waals surface area contributed by atoms with Crippen molar-refractivity contribution in [2.45, 2.75) is 0 Å². The Labute approximate surface area is 80.0 Å². The number of benzene rings is 1. The second kappa shape index (κ2) is 3.64. The van der Waals surface area contributed by atoms with Gasteiger partial charge in [0.05, 0.1) is 5.69 Å². The zero-order valence-corrected chi connectivity index (χ0v) is 7.25. The van der Waals surface area contributed by atoms with Crippen molar-refractivity contribution in [2.75, 3.05) is 0 Å². The van der Waals surface area contributed by atoms with Crippen molar-refractivity contribution >= 4 is 5.69 Å². The summed E-state index contributed by atoms with van der Waals surface area (Å²) in [5, 5.41) is 10.2. The Morgan fingerprint density at radius 1 is 1.36 bits per heavy atom. The van der Waals surface area contributed by atoms with Crippen molar-refractivity contribution < 1.29 is 0 Å². The lowest BCUT2D eigenvalue weighted by atomic mass is 10.1. The lowest BCUT2D eigenvalue weighted by molar-refractivity contribution is 1.10. The van der Waals surface area contributed by atoms with Gasteiger partial charge in [-0.15, -0.1) is 0 Å². The minimum atomic E-state index is 0.597. The molecule has 5 nitrogen and oxygen atoms in total. The van der Waals surface area contributed by atoms with Gasteiger partial charge in [-0.2, -0.15) is 5.10 Å². The first-order chi connectivity index (χ1) is 6.90. The molecular weight excluding hydrogens is 178 g/mol. The smallest absolute Gasteiger partial charge is 0.0650 e. The molecule has 1 heterocycles. The summed E-state index contributed by atoms with van der Waals surface area (Å²) in [5.74, 6) is 0. The minimum Gasteiger partial charge on any atom is -0.278 e. The molecule has 0 aliphatic heterocycles. The van der Waals surface area contributed by atoms with Gasteiger partial charge in [-0.1, -0.05) is 23.3 Å². The van der Waals surface area contributed by atoms with Crippen molar-refractivity contribution in [1.29, 1.82) is 0 Å². The van der Waals surface area contributed by atoms with E-state index in [9.17, 15) is 0 Å². The topological polar surface area (TPSA) is 77.4 Å². The number of hydrogen-bond donors (Lipinski definition) is 1. The van der Waals surface area contributed by atoms with E-state index >= 15 is 0 Å². The number of rotatable bonds is 2. The molecule has 0 atom stereocenters. The van der Waals surface area contributed by atoms with E-state index in [1.165, 1.54) is 0 Å². The van der Waals surface area contributed by atoms with Crippen LogP contribution in [-0.4, -0.2) is 10.2 Å². The van der Waals surface area contributed by atoms with Gasteiger partial charge in [-0.25, -0.2) is 0 Å².